The predicted molar refractivity (Wildman–Crippen MR) is 106 cm³/mol. The van der Waals surface area contributed by atoms with Gasteiger partial charge in [0.25, 0.3) is 0 Å². The zero-order chi connectivity index (χ0) is 21.6. The lowest BCUT2D eigenvalue weighted by Crippen LogP contribution is -2.36. The molecule has 1 atom stereocenters. The summed E-state index contributed by atoms with van der Waals surface area (Å²) < 4.78 is 56.1. The van der Waals surface area contributed by atoms with E-state index in [0.29, 0.717) is 0 Å². The molecule has 0 radical (unpaired) electrons. The third-order valence-corrected chi connectivity index (χ3v) is 4.79. The fourth-order valence-electron chi connectivity index (χ4n) is 2.01. The summed E-state index contributed by atoms with van der Waals surface area (Å²) in [7, 11) is 0. The Morgan fingerprint density at radius 1 is 1.14 bits per heavy atom. The van der Waals surface area contributed by atoms with Crippen LogP contribution in [0, 0.1) is 0 Å². The first-order valence-electron chi connectivity index (χ1n) is 8.04. The molecule has 0 aliphatic carbocycles. The number of rotatable bonds is 8. The van der Waals surface area contributed by atoms with E-state index in [9.17, 15) is 13.2 Å². The third kappa shape index (κ3) is 7.03. The summed E-state index contributed by atoms with van der Waals surface area (Å²) in [6, 6.07) is 7.29. The highest BCUT2D eigenvalue weighted by molar-refractivity contribution is 6.43. The summed E-state index contributed by atoms with van der Waals surface area (Å²) in [6.45, 7) is 1.14. The van der Waals surface area contributed by atoms with E-state index in [0.717, 1.165) is 0 Å². The molecule has 1 heterocycles. The molecule has 0 saturated carbocycles. The van der Waals surface area contributed by atoms with Crippen molar-refractivity contribution in [1.29, 1.82) is 0 Å². The first kappa shape index (κ1) is 23.7. The van der Waals surface area contributed by atoms with Crippen molar-refractivity contribution in [3.05, 3.63) is 56.8 Å². The van der Waals surface area contributed by atoms with Gasteiger partial charge in [0, 0.05) is 18.7 Å². The van der Waals surface area contributed by atoms with Crippen LogP contribution in [0.3, 0.4) is 0 Å². The fraction of sp³-hybridized carbons (Fsp3) is 0.278. The molecule has 0 spiro atoms. The summed E-state index contributed by atoms with van der Waals surface area (Å²) in [5.41, 5.74) is 0. The van der Waals surface area contributed by atoms with Crippen molar-refractivity contribution >= 4 is 46.4 Å². The van der Waals surface area contributed by atoms with Crippen molar-refractivity contribution in [2.75, 3.05) is 6.61 Å². The van der Waals surface area contributed by atoms with Gasteiger partial charge in [-0.2, -0.15) is 13.2 Å². The van der Waals surface area contributed by atoms with E-state index in [1.54, 1.807) is 12.1 Å². The van der Waals surface area contributed by atoms with Gasteiger partial charge in [0.15, 0.2) is 17.6 Å². The van der Waals surface area contributed by atoms with E-state index in [-0.39, 0.29) is 44.3 Å². The minimum absolute atomic E-state index is 0.0350. The van der Waals surface area contributed by atoms with Crippen LogP contribution >= 0.6 is 46.4 Å². The number of benzene rings is 1. The zero-order valence-electron chi connectivity index (χ0n) is 14.8. The Bertz CT molecular complexity index is 859. The van der Waals surface area contributed by atoms with Crippen LogP contribution in [-0.2, 0) is 0 Å². The van der Waals surface area contributed by atoms with Crippen molar-refractivity contribution in [3.63, 3.8) is 0 Å². The Kier molecular flexibility index (Phi) is 8.58. The number of allylic oxidation sites excluding steroid dienone is 1. The second kappa shape index (κ2) is 10.5. The van der Waals surface area contributed by atoms with Crippen molar-refractivity contribution in [2.24, 2.45) is 0 Å². The molecule has 1 unspecified atom stereocenters. The lowest BCUT2D eigenvalue weighted by Gasteiger charge is -2.23. The van der Waals surface area contributed by atoms with Gasteiger partial charge in [-0.1, -0.05) is 40.9 Å². The molecule has 0 aliphatic rings. The number of hydrogen-bond donors (Lipinski definition) is 0. The quantitative estimate of drug-likeness (QED) is 0.366. The maximum Gasteiger partial charge on any atom is 0.425 e. The van der Waals surface area contributed by atoms with Gasteiger partial charge in [0.1, 0.15) is 5.02 Å². The lowest BCUT2D eigenvalue weighted by atomic mass is 10.2. The molecule has 29 heavy (non-hydrogen) atoms. The summed E-state index contributed by atoms with van der Waals surface area (Å²) in [5, 5.41) is -0.369. The van der Waals surface area contributed by atoms with Gasteiger partial charge < -0.3 is 14.2 Å². The Morgan fingerprint density at radius 3 is 2.45 bits per heavy atom. The van der Waals surface area contributed by atoms with Crippen LogP contribution in [0.5, 0.6) is 17.4 Å². The van der Waals surface area contributed by atoms with Crippen LogP contribution in [-0.4, -0.2) is 23.9 Å². The van der Waals surface area contributed by atoms with Crippen LogP contribution in [0.4, 0.5) is 13.2 Å². The van der Waals surface area contributed by atoms with Crippen LogP contribution in [0.2, 0.25) is 10.0 Å². The average molecular weight is 491 g/mol. The highest BCUT2D eigenvalue weighted by atomic mass is 35.5. The molecule has 11 heteroatoms. The van der Waals surface area contributed by atoms with Gasteiger partial charge in [0.05, 0.1) is 16.7 Å². The van der Waals surface area contributed by atoms with Crippen LogP contribution in [0.1, 0.15) is 13.3 Å². The topological polar surface area (TPSA) is 40.6 Å². The molecular formula is C18H14Cl4F3NO3. The van der Waals surface area contributed by atoms with Gasteiger partial charge in [-0.25, -0.2) is 4.98 Å². The van der Waals surface area contributed by atoms with Gasteiger partial charge >= 0.3 is 6.18 Å². The molecule has 1 aromatic carbocycles. The number of aromatic nitrogens is 1. The minimum Gasteiger partial charge on any atom is -0.478 e. The highest BCUT2D eigenvalue weighted by Gasteiger charge is 2.42. The maximum absolute atomic E-state index is 13.5. The molecule has 0 N–H and O–H groups in total. The number of halogens is 7. The lowest BCUT2D eigenvalue weighted by molar-refractivity contribution is -0.198. The van der Waals surface area contributed by atoms with E-state index < -0.39 is 18.7 Å². The highest BCUT2D eigenvalue weighted by Crippen LogP contribution is 2.43. The van der Waals surface area contributed by atoms with E-state index in [1.165, 1.54) is 31.3 Å². The summed E-state index contributed by atoms with van der Waals surface area (Å²) in [5.74, 6) is -0.402. The number of hydrogen-bond acceptors (Lipinski definition) is 4. The molecule has 0 saturated heterocycles. The van der Waals surface area contributed by atoms with Crippen molar-refractivity contribution < 1.29 is 27.4 Å². The smallest absolute Gasteiger partial charge is 0.425 e. The monoisotopic (exact) mass is 489 g/mol. The molecular weight excluding hydrogens is 477 g/mol. The minimum atomic E-state index is -4.70. The van der Waals surface area contributed by atoms with Crippen LogP contribution in [0.15, 0.2) is 46.8 Å². The van der Waals surface area contributed by atoms with Crippen molar-refractivity contribution in [3.8, 4) is 17.4 Å². The second-order valence-electron chi connectivity index (χ2n) is 5.55. The fourth-order valence-corrected chi connectivity index (χ4v) is 2.47. The normalized spacial score (nSPS) is 13.5. The SMILES string of the molecule is CC(Cl)=C(Cl)Oc1c(OC(CCOc2ccccn2)C(F)(F)F)ccc(Cl)c1Cl. The first-order chi connectivity index (χ1) is 13.6. The van der Waals surface area contributed by atoms with Crippen LogP contribution in [0.25, 0.3) is 0 Å². The maximum atomic E-state index is 13.5. The Balaban J connectivity index is 2.22. The Labute approximate surface area is 185 Å². The Morgan fingerprint density at radius 2 is 1.86 bits per heavy atom. The molecule has 2 aromatic rings. The third-order valence-electron chi connectivity index (χ3n) is 3.38. The molecule has 0 fully saturated rings. The predicted octanol–water partition coefficient (Wildman–Crippen LogP) is 7.21. The molecule has 0 aliphatic heterocycles. The van der Waals surface area contributed by atoms with Gasteiger partial charge in [-0.3, -0.25) is 0 Å². The van der Waals surface area contributed by atoms with Gasteiger partial charge in [-0.05, 0) is 36.7 Å². The molecule has 1 aromatic heterocycles. The first-order valence-corrected chi connectivity index (χ1v) is 9.55. The molecule has 2 rings (SSSR count). The number of alkyl halides is 3. The number of nitrogens with zero attached hydrogens (tertiary/aromatic N) is 1. The molecule has 0 bridgehead atoms. The standard InChI is InChI=1S/C18H14Cl4F3NO3/c1-10(19)17(22)29-16-12(6-5-11(20)15(16)21)28-13(18(23,24)25)7-9-27-14-4-2-3-8-26-14/h2-6,8,13H,7,9H2,1H3. The van der Waals surface area contributed by atoms with Crippen LogP contribution < -0.4 is 14.2 Å². The average Bonchev–Trinajstić information content (AvgIpc) is 2.66. The molecule has 158 valence electrons. The largest absolute Gasteiger partial charge is 0.478 e. The molecule has 0 amide bonds. The second-order valence-corrected chi connectivity index (χ2v) is 7.25. The molecule has 4 nitrogen and oxygen atoms in total. The summed E-state index contributed by atoms with van der Waals surface area (Å²) in [4.78, 5) is 3.88. The van der Waals surface area contributed by atoms with E-state index >= 15 is 0 Å². The van der Waals surface area contributed by atoms with E-state index in [2.05, 4.69) is 4.98 Å². The van der Waals surface area contributed by atoms with Gasteiger partial charge in [0.2, 0.25) is 11.1 Å². The van der Waals surface area contributed by atoms with E-state index in [1.807, 2.05) is 0 Å². The zero-order valence-corrected chi connectivity index (χ0v) is 17.8. The van der Waals surface area contributed by atoms with Crippen molar-refractivity contribution in [1.82, 2.24) is 4.98 Å². The summed E-state index contributed by atoms with van der Waals surface area (Å²) in [6.07, 6.45) is -5.97. The number of pyridine rings is 1. The van der Waals surface area contributed by atoms with E-state index in [4.69, 9.17) is 60.6 Å². The van der Waals surface area contributed by atoms with Gasteiger partial charge in [-0.15, -0.1) is 0 Å². The summed E-state index contributed by atoms with van der Waals surface area (Å²) >= 11 is 23.5. The Hall–Kier alpha value is -1.54. The van der Waals surface area contributed by atoms with Crippen molar-refractivity contribution in [2.45, 2.75) is 25.6 Å². The number of ether oxygens (including phenoxy) is 3.